The number of carbonyl (C=O) groups is 2. The van der Waals surface area contributed by atoms with Gasteiger partial charge in [-0.3, -0.25) is 39.1 Å². The predicted molar refractivity (Wildman–Crippen MR) is 334 cm³/mol. The SMILES string of the molecule is Cc1nc2c(c(C)c1C)CCC/C2=N\OCO/N=C1\CCCc2c1nc(C)c(C)c2C.Cc1nc2c(c(C)c1C)CCC/C2=N\OCON.Cc1nc2c(c(C)c1C)CCCC2=O.Cc1nc2c(c(C)c1C)CCCC2=O.I.NOCON. The molecule has 5 aromatic rings. The van der Waals surface area contributed by atoms with Crippen molar-refractivity contribution < 1.29 is 38.6 Å². The van der Waals surface area contributed by atoms with Gasteiger partial charge < -0.3 is 14.5 Å². The molecular formula is C63H88IN11O8. The molecule has 0 spiro atoms. The van der Waals surface area contributed by atoms with Crippen molar-refractivity contribution >= 4 is 52.7 Å². The Balaban J connectivity index is 0.000000208. The Hall–Kier alpha value is -6.01. The lowest BCUT2D eigenvalue weighted by Crippen LogP contribution is -2.18. The Labute approximate surface area is 507 Å². The highest BCUT2D eigenvalue weighted by molar-refractivity contribution is 14.0. The van der Waals surface area contributed by atoms with Crippen molar-refractivity contribution in [3.8, 4) is 0 Å². The molecule has 20 heteroatoms. The van der Waals surface area contributed by atoms with Crippen LogP contribution in [0.2, 0.25) is 0 Å². The van der Waals surface area contributed by atoms with Gasteiger partial charge in [0, 0.05) is 41.3 Å². The molecular weight excluding hydrogens is 1170 g/mol. The molecule has 0 fully saturated rings. The van der Waals surface area contributed by atoms with Crippen LogP contribution in [0.25, 0.3) is 0 Å². The van der Waals surface area contributed by atoms with Gasteiger partial charge in [-0.2, -0.15) is 0 Å². The molecule has 5 aromatic heterocycles. The Morgan fingerprint density at radius 1 is 0.313 bits per heavy atom. The van der Waals surface area contributed by atoms with Crippen LogP contribution in [-0.4, -0.2) is 74.0 Å². The summed E-state index contributed by atoms with van der Waals surface area (Å²) in [4.78, 5) is 74.3. The van der Waals surface area contributed by atoms with E-state index in [2.05, 4.69) is 140 Å². The summed E-state index contributed by atoms with van der Waals surface area (Å²) in [5, 5.41) is 12.8. The molecule has 83 heavy (non-hydrogen) atoms. The predicted octanol–water partition coefficient (Wildman–Crippen LogP) is 11.4. The highest BCUT2D eigenvalue weighted by atomic mass is 127. The largest absolute Gasteiger partial charge is 0.365 e. The van der Waals surface area contributed by atoms with E-state index in [0.717, 1.165) is 158 Å². The molecule has 0 saturated heterocycles. The maximum atomic E-state index is 11.6. The summed E-state index contributed by atoms with van der Waals surface area (Å²) in [5.74, 6) is 14.2. The zero-order chi connectivity index (χ0) is 59.9. The number of Topliss-reactive ketones (excluding diaryl/α,β-unsaturated/α-hetero) is 2. The minimum atomic E-state index is -0.0556. The average Bonchev–Trinajstić information content (AvgIpc) is 3.64. The molecule has 0 radical (unpaired) electrons. The van der Waals surface area contributed by atoms with Crippen LogP contribution in [0.4, 0.5) is 0 Å². The molecule has 0 amide bonds. The van der Waals surface area contributed by atoms with Crippen LogP contribution in [0.5, 0.6) is 0 Å². The highest BCUT2D eigenvalue weighted by Gasteiger charge is 2.26. The Kier molecular flexibility index (Phi) is 25.9. The van der Waals surface area contributed by atoms with E-state index in [1.807, 2.05) is 20.8 Å². The van der Waals surface area contributed by atoms with Crippen LogP contribution >= 0.6 is 24.0 Å². The van der Waals surface area contributed by atoms with Crippen molar-refractivity contribution in [1.82, 2.24) is 24.9 Å². The number of nitrogens with two attached hydrogens (primary N) is 3. The van der Waals surface area contributed by atoms with E-state index in [-0.39, 0.29) is 55.9 Å². The molecule has 0 atom stereocenters. The molecule has 5 heterocycles. The van der Waals surface area contributed by atoms with E-state index in [9.17, 15) is 9.59 Å². The van der Waals surface area contributed by atoms with E-state index in [0.29, 0.717) is 12.8 Å². The minimum Gasteiger partial charge on any atom is -0.365 e. The number of aryl methyl sites for hydroxylation is 5. The van der Waals surface area contributed by atoms with Crippen LogP contribution in [0.3, 0.4) is 0 Å². The lowest BCUT2D eigenvalue weighted by Gasteiger charge is -2.21. The first-order valence-electron chi connectivity index (χ1n) is 28.6. The highest BCUT2D eigenvalue weighted by Crippen LogP contribution is 2.31. The summed E-state index contributed by atoms with van der Waals surface area (Å²) >= 11 is 0. The Morgan fingerprint density at radius 2 is 0.542 bits per heavy atom. The van der Waals surface area contributed by atoms with E-state index in [1.54, 1.807) is 0 Å². The lowest BCUT2D eigenvalue weighted by molar-refractivity contribution is -0.0570. The van der Waals surface area contributed by atoms with Gasteiger partial charge in [-0.05, 0) is 271 Å². The molecule has 19 nitrogen and oxygen atoms in total. The zero-order valence-corrected chi connectivity index (χ0v) is 54.0. The second-order valence-corrected chi connectivity index (χ2v) is 21.8. The third-order valence-corrected chi connectivity index (χ3v) is 17.0. The van der Waals surface area contributed by atoms with Crippen molar-refractivity contribution in [2.24, 2.45) is 33.2 Å². The molecule has 0 aliphatic heterocycles. The van der Waals surface area contributed by atoms with Gasteiger partial charge >= 0.3 is 0 Å². The molecule has 0 aromatic carbocycles. The van der Waals surface area contributed by atoms with Gasteiger partial charge in [0.1, 0.15) is 28.5 Å². The fourth-order valence-corrected chi connectivity index (χ4v) is 11.1. The first-order chi connectivity index (χ1) is 39.2. The summed E-state index contributed by atoms with van der Waals surface area (Å²) < 4.78 is 0. The van der Waals surface area contributed by atoms with Gasteiger partial charge in [0.2, 0.25) is 6.79 Å². The summed E-state index contributed by atoms with van der Waals surface area (Å²) in [6.45, 7) is 31.2. The van der Waals surface area contributed by atoms with Crippen molar-refractivity contribution in [2.75, 3.05) is 20.4 Å². The third-order valence-electron chi connectivity index (χ3n) is 17.0. The van der Waals surface area contributed by atoms with Crippen molar-refractivity contribution in [3.05, 3.63) is 140 Å². The number of pyridine rings is 5. The van der Waals surface area contributed by atoms with Crippen LogP contribution in [-0.2, 0) is 61.1 Å². The van der Waals surface area contributed by atoms with Gasteiger partial charge in [0.05, 0.1) is 17.1 Å². The minimum absolute atomic E-state index is 0. The number of ketones is 2. The van der Waals surface area contributed by atoms with Crippen molar-refractivity contribution in [3.63, 3.8) is 0 Å². The average molecular weight is 1250 g/mol. The molecule has 0 bridgehead atoms. The fourth-order valence-electron chi connectivity index (χ4n) is 11.1. The first kappa shape index (κ1) is 67.8. The molecule has 10 rings (SSSR count). The van der Waals surface area contributed by atoms with Gasteiger partial charge in [-0.25, -0.2) is 27.7 Å². The second kappa shape index (κ2) is 31.8. The number of aromatic nitrogens is 5. The zero-order valence-electron chi connectivity index (χ0n) is 51.7. The van der Waals surface area contributed by atoms with Crippen LogP contribution in [0, 0.1) is 104 Å². The van der Waals surface area contributed by atoms with E-state index in [1.165, 1.54) is 83.5 Å². The first-order valence-corrected chi connectivity index (χ1v) is 28.6. The Bertz CT molecular complexity index is 3100. The normalized spacial score (nSPS) is 16.1. The Morgan fingerprint density at radius 3 is 0.795 bits per heavy atom. The topological polar surface area (TPSA) is 269 Å². The number of oxime groups is 3. The molecule has 0 unspecified atom stereocenters. The number of hydrogen-bond acceptors (Lipinski definition) is 19. The van der Waals surface area contributed by atoms with Crippen LogP contribution in [0.15, 0.2) is 15.5 Å². The van der Waals surface area contributed by atoms with E-state index < -0.39 is 0 Å². The fraction of sp³-hybridized carbons (Fsp3) is 0.524. The number of hydrogen-bond donors (Lipinski definition) is 3. The molecule has 450 valence electrons. The molecule has 5 aliphatic rings. The van der Waals surface area contributed by atoms with Gasteiger partial charge in [-0.1, -0.05) is 15.5 Å². The monoisotopic (exact) mass is 1250 g/mol. The molecule has 6 N–H and O–H groups in total. The second-order valence-electron chi connectivity index (χ2n) is 21.8. The number of fused-ring (bicyclic) bond motifs is 5. The smallest absolute Gasteiger partial charge is 0.280 e. The number of rotatable bonds is 9. The summed E-state index contributed by atoms with van der Waals surface area (Å²) in [6, 6.07) is 0. The number of carbonyl (C=O) groups excluding carboxylic acids is 2. The third kappa shape index (κ3) is 16.5. The number of halogens is 1. The maximum absolute atomic E-state index is 11.6. The quantitative estimate of drug-likeness (QED) is 0.0536. The van der Waals surface area contributed by atoms with Gasteiger partial charge in [-0.15, -0.1) is 24.0 Å². The summed E-state index contributed by atoms with van der Waals surface area (Å²) in [7, 11) is 0. The van der Waals surface area contributed by atoms with E-state index >= 15 is 0 Å². The molecule has 0 saturated carbocycles. The van der Waals surface area contributed by atoms with Crippen molar-refractivity contribution in [2.45, 2.75) is 200 Å². The maximum Gasteiger partial charge on any atom is 0.280 e. The van der Waals surface area contributed by atoms with Gasteiger partial charge in [0.15, 0.2) is 18.4 Å². The standard InChI is InChI=1S/C25H32N4O2.C13H19N3O2.2C12H15NO.CH6N2O2.HI/c1-14-16(3)20-9-7-11-22(24(20)26-18(14)5)28-30-13-31-29-23-12-8-10-21-17(4)15(2)19(6)27-25(21)23;1-8-9(2)11-5-4-6-12(16-18-7-17-14)13(11)15-10(8)3;2*1-7-8(2)10-5-4-6-11(14)12(10)13-9(7)3;2-4-1-5-3;/h7-13H2,1-6H3;4-7,14H2,1-3H3;2*4-6H2,1-3H3;1-3H2;1H/b28-22+,29-23+;16-12+;;;;. The summed E-state index contributed by atoms with van der Waals surface area (Å²) in [5.41, 5.74) is 31.2. The van der Waals surface area contributed by atoms with E-state index in [4.69, 9.17) is 30.4 Å². The van der Waals surface area contributed by atoms with Crippen molar-refractivity contribution in [1.29, 1.82) is 0 Å². The number of nitrogens with zero attached hydrogens (tertiary/aromatic N) is 8. The van der Waals surface area contributed by atoms with Gasteiger partial charge in [0.25, 0.3) is 6.79 Å². The molecule has 5 aliphatic carbocycles. The summed E-state index contributed by atoms with van der Waals surface area (Å²) in [6.07, 6.45) is 14.3. The lowest BCUT2D eigenvalue weighted by atomic mass is 9.89. The van der Waals surface area contributed by atoms with Crippen LogP contribution < -0.4 is 17.7 Å². The van der Waals surface area contributed by atoms with Crippen LogP contribution in [0.1, 0.15) is 214 Å².